The molecule has 0 aliphatic carbocycles. The highest BCUT2D eigenvalue weighted by molar-refractivity contribution is 6.32. The van der Waals surface area contributed by atoms with Gasteiger partial charge in [-0.2, -0.15) is 0 Å². The van der Waals surface area contributed by atoms with Crippen molar-refractivity contribution in [3.05, 3.63) is 70.6 Å². The summed E-state index contributed by atoms with van der Waals surface area (Å²) in [5, 5.41) is 3.27. The lowest BCUT2D eigenvalue weighted by Crippen LogP contribution is -2.39. The summed E-state index contributed by atoms with van der Waals surface area (Å²) in [6, 6.07) is 12.4. The van der Waals surface area contributed by atoms with E-state index >= 15 is 0 Å². The van der Waals surface area contributed by atoms with E-state index < -0.39 is 11.9 Å². The molecule has 2 aromatic carbocycles. The molecule has 0 bridgehead atoms. The molecule has 3 aromatic rings. The number of aryl methyl sites for hydroxylation is 1. The number of ether oxygens (including phenoxy) is 1. The number of amides is 2. The quantitative estimate of drug-likeness (QED) is 0.421. The van der Waals surface area contributed by atoms with Gasteiger partial charge in [0.1, 0.15) is 11.6 Å². The van der Waals surface area contributed by atoms with Crippen LogP contribution >= 0.6 is 11.6 Å². The van der Waals surface area contributed by atoms with Crippen molar-refractivity contribution in [2.24, 2.45) is 12.8 Å². The number of primary amides is 1. The van der Waals surface area contributed by atoms with Crippen LogP contribution in [0.2, 0.25) is 5.02 Å². The first-order valence-corrected chi connectivity index (χ1v) is 12.4. The largest absolute Gasteiger partial charge is 0.489 e. The minimum atomic E-state index is -0.487. The average Bonchev–Trinajstić information content (AvgIpc) is 3.17. The average molecular weight is 511 g/mol. The SMILES string of the molecule is CC(C)Oc1ccc(C(=O)NC(CC(N)=O)Cc2ccc(-c3cn(C)c(C(C)(C)C)n3)cc2)cc1Cl. The van der Waals surface area contributed by atoms with Crippen LogP contribution in [0.4, 0.5) is 0 Å². The first kappa shape index (κ1) is 27.3. The third-order valence-corrected chi connectivity index (χ3v) is 5.91. The van der Waals surface area contributed by atoms with Crippen LogP contribution < -0.4 is 15.8 Å². The van der Waals surface area contributed by atoms with Gasteiger partial charge < -0.3 is 20.4 Å². The van der Waals surface area contributed by atoms with E-state index in [2.05, 4.69) is 30.7 Å². The van der Waals surface area contributed by atoms with Crippen molar-refractivity contribution in [2.45, 2.75) is 65.0 Å². The van der Waals surface area contributed by atoms with Crippen LogP contribution in [0.15, 0.2) is 48.7 Å². The molecule has 0 fully saturated rings. The topological polar surface area (TPSA) is 99.2 Å². The normalized spacial score (nSPS) is 12.4. The van der Waals surface area contributed by atoms with Gasteiger partial charge in [-0.25, -0.2) is 4.98 Å². The zero-order chi connectivity index (χ0) is 26.6. The van der Waals surface area contributed by atoms with Gasteiger partial charge in [0.2, 0.25) is 5.91 Å². The lowest BCUT2D eigenvalue weighted by Gasteiger charge is -2.18. The van der Waals surface area contributed by atoms with Crippen molar-refractivity contribution >= 4 is 23.4 Å². The number of carbonyl (C=O) groups is 2. The third-order valence-electron chi connectivity index (χ3n) is 5.62. The molecular weight excluding hydrogens is 476 g/mol. The number of benzene rings is 2. The Kier molecular flexibility index (Phi) is 8.46. The highest BCUT2D eigenvalue weighted by Crippen LogP contribution is 2.27. The highest BCUT2D eigenvalue weighted by atomic mass is 35.5. The smallest absolute Gasteiger partial charge is 0.251 e. The second kappa shape index (κ2) is 11.2. The van der Waals surface area contributed by atoms with Crippen LogP contribution in [0.5, 0.6) is 5.75 Å². The minimum absolute atomic E-state index is 0.0188. The standard InChI is InChI=1S/C28H35ClN4O3/c1-17(2)36-24-12-11-20(14-22(24)29)26(35)31-21(15-25(30)34)13-18-7-9-19(10-8-18)23-16-33(6)27(32-23)28(3,4)5/h7-12,14,16-17,21H,13,15H2,1-6H3,(H2,30,34)(H,31,35). The number of imidazole rings is 1. The summed E-state index contributed by atoms with van der Waals surface area (Å²) < 4.78 is 7.68. The number of hydrogen-bond donors (Lipinski definition) is 2. The van der Waals surface area contributed by atoms with Crippen LogP contribution in [-0.4, -0.2) is 33.5 Å². The van der Waals surface area contributed by atoms with Crippen LogP contribution in [0, 0.1) is 0 Å². The zero-order valence-electron chi connectivity index (χ0n) is 21.8. The fourth-order valence-electron chi connectivity index (χ4n) is 4.08. The molecule has 2 amide bonds. The van der Waals surface area contributed by atoms with Gasteiger partial charge in [-0.1, -0.05) is 56.6 Å². The number of nitrogens with two attached hydrogens (primary N) is 1. The predicted molar refractivity (Wildman–Crippen MR) is 143 cm³/mol. The van der Waals surface area contributed by atoms with Crippen LogP contribution in [0.3, 0.4) is 0 Å². The number of carbonyl (C=O) groups excluding carboxylic acids is 2. The Morgan fingerprint density at radius 3 is 2.33 bits per heavy atom. The van der Waals surface area contributed by atoms with E-state index in [1.165, 1.54) is 0 Å². The van der Waals surface area contributed by atoms with E-state index in [1.807, 2.05) is 51.4 Å². The maximum Gasteiger partial charge on any atom is 0.251 e. The molecule has 1 aromatic heterocycles. The van der Waals surface area contributed by atoms with Crippen LogP contribution in [0.1, 0.15) is 62.8 Å². The Morgan fingerprint density at radius 1 is 1.14 bits per heavy atom. The van der Waals surface area contributed by atoms with Gasteiger partial charge in [-0.3, -0.25) is 9.59 Å². The molecule has 1 heterocycles. The third kappa shape index (κ3) is 7.10. The lowest BCUT2D eigenvalue weighted by molar-refractivity contribution is -0.118. The van der Waals surface area contributed by atoms with Crippen molar-refractivity contribution in [1.29, 1.82) is 0 Å². The van der Waals surface area contributed by atoms with E-state index in [0.717, 1.165) is 22.6 Å². The number of rotatable bonds is 9. The van der Waals surface area contributed by atoms with E-state index in [0.29, 0.717) is 22.8 Å². The summed E-state index contributed by atoms with van der Waals surface area (Å²) in [6.07, 6.45) is 2.46. The number of hydrogen-bond acceptors (Lipinski definition) is 4. The van der Waals surface area contributed by atoms with E-state index in [4.69, 9.17) is 27.1 Å². The molecule has 3 rings (SSSR count). The number of nitrogens with one attached hydrogen (secondary N) is 1. The van der Waals surface area contributed by atoms with Gasteiger partial charge in [-0.15, -0.1) is 0 Å². The molecule has 0 saturated carbocycles. The van der Waals surface area contributed by atoms with Crippen LogP contribution in [-0.2, 0) is 23.7 Å². The lowest BCUT2D eigenvalue weighted by atomic mass is 9.96. The summed E-state index contributed by atoms with van der Waals surface area (Å²) in [5.41, 5.74) is 8.66. The second-order valence-corrected chi connectivity index (χ2v) is 10.8. The number of nitrogens with zero attached hydrogens (tertiary/aromatic N) is 2. The Bertz CT molecular complexity index is 1230. The molecule has 36 heavy (non-hydrogen) atoms. The maximum atomic E-state index is 12.9. The van der Waals surface area contributed by atoms with Gasteiger partial charge in [-0.05, 0) is 44.0 Å². The van der Waals surface area contributed by atoms with Crippen molar-refractivity contribution in [3.63, 3.8) is 0 Å². The summed E-state index contributed by atoms with van der Waals surface area (Å²) in [7, 11) is 2.00. The van der Waals surface area contributed by atoms with Gasteiger partial charge >= 0.3 is 0 Å². The fourth-order valence-corrected chi connectivity index (χ4v) is 4.30. The molecule has 7 nitrogen and oxygen atoms in total. The van der Waals surface area contributed by atoms with Gasteiger partial charge in [0.25, 0.3) is 5.91 Å². The summed E-state index contributed by atoms with van der Waals surface area (Å²) in [4.78, 5) is 29.4. The maximum absolute atomic E-state index is 12.9. The van der Waals surface area contributed by atoms with Crippen molar-refractivity contribution in [3.8, 4) is 17.0 Å². The summed E-state index contributed by atoms with van der Waals surface area (Å²) in [6.45, 7) is 10.2. The monoisotopic (exact) mass is 510 g/mol. The molecule has 192 valence electrons. The second-order valence-electron chi connectivity index (χ2n) is 10.4. The van der Waals surface area contributed by atoms with Gasteiger partial charge in [0.05, 0.1) is 16.8 Å². The Labute approximate surface area is 218 Å². The first-order chi connectivity index (χ1) is 16.8. The minimum Gasteiger partial charge on any atom is -0.489 e. The molecule has 0 aliphatic heterocycles. The van der Waals surface area contributed by atoms with Crippen molar-refractivity contribution in [2.75, 3.05) is 0 Å². The van der Waals surface area contributed by atoms with Crippen LogP contribution in [0.25, 0.3) is 11.3 Å². The van der Waals surface area contributed by atoms with Crippen molar-refractivity contribution < 1.29 is 14.3 Å². The molecule has 8 heteroatoms. The number of aromatic nitrogens is 2. The molecule has 0 aliphatic rings. The summed E-state index contributed by atoms with van der Waals surface area (Å²) >= 11 is 6.28. The molecule has 1 atom stereocenters. The molecule has 3 N–H and O–H groups in total. The van der Waals surface area contributed by atoms with Gasteiger partial charge in [0.15, 0.2) is 0 Å². The van der Waals surface area contributed by atoms with E-state index in [1.54, 1.807) is 18.2 Å². The molecule has 1 unspecified atom stereocenters. The Balaban J connectivity index is 1.73. The zero-order valence-corrected chi connectivity index (χ0v) is 22.5. The highest BCUT2D eigenvalue weighted by Gasteiger charge is 2.21. The predicted octanol–water partition coefficient (Wildman–Crippen LogP) is 5.04. The van der Waals surface area contributed by atoms with Crippen molar-refractivity contribution in [1.82, 2.24) is 14.9 Å². The fraction of sp³-hybridized carbons (Fsp3) is 0.393. The van der Waals surface area contributed by atoms with E-state index in [9.17, 15) is 9.59 Å². The van der Waals surface area contributed by atoms with E-state index in [-0.39, 0.29) is 23.8 Å². The Hall–Kier alpha value is -3.32. The molecule has 0 spiro atoms. The molecule has 0 saturated heterocycles. The summed E-state index contributed by atoms with van der Waals surface area (Å²) in [5.74, 6) is 0.701. The first-order valence-electron chi connectivity index (χ1n) is 12.0. The number of halogens is 1. The Morgan fingerprint density at radius 2 is 1.81 bits per heavy atom. The van der Waals surface area contributed by atoms with Gasteiger partial charge in [0, 0.05) is 42.2 Å². The molecular formula is C28H35ClN4O3. The molecule has 0 radical (unpaired) electrons.